The topological polar surface area (TPSA) is 148 Å². The van der Waals surface area contributed by atoms with Crippen LogP contribution >= 0.6 is 0 Å². The molecule has 4 N–H and O–H groups in total. The molecule has 2 aliphatic rings. The minimum Gasteiger partial charge on any atom is -0.504 e. The zero-order chi connectivity index (χ0) is 26.3. The standard InChI is InChI=1S/C27H29N3O7/c1-36-23-6-5-16(8-21(23)31)19(10-24(28)33)27-26(35)22(32)9-18(37-27)14-29-11-15-7-17(13-29)20-3-2-4-25(34)30(20)12-15/h2-6,8-9,15,17,19,31,35H,7,10-14H2,1H3,(H2,28,33)/t15-,17+,19+/m1/s1. The first kappa shape index (κ1) is 24.6. The van der Waals surface area contributed by atoms with Crippen LogP contribution < -0.4 is 21.5 Å². The molecule has 5 rings (SSSR count). The summed E-state index contributed by atoms with van der Waals surface area (Å²) < 4.78 is 13.0. The Morgan fingerprint density at radius 2 is 1.97 bits per heavy atom. The molecule has 4 heterocycles. The van der Waals surface area contributed by atoms with Crippen LogP contribution in [-0.2, 0) is 17.9 Å². The molecule has 3 aromatic rings. The van der Waals surface area contributed by atoms with Crippen LogP contribution in [0.3, 0.4) is 0 Å². The molecule has 2 aromatic heterocycles. The molecule has 194 valence electrons. The van der Waals surface area contributed by atoms with Crippen molar-refractivity contribution in [3.05, 3.63) is 85.8 Å². The zero-order valence-corrected chi connectivity index (χ0v) is 20.4. The van der Waals surface area contributed by atoms with Gasteiger partial charge in [-0.2, -0.15) is 0 Å². The number of rotatable bonds is 7. The highest BCUT2D eigenvalue weighted by Crippen LogP contribution is 2.38. The van der Waals surface area contributed by atoms with Gasteiger partial charge in [-0.05, 0) is 36.1 Å². The number of pyridine rings is 1. The number of primary amides is 1. The van der Waals surface area contributed by atoms with Crippen LogP contribution in [0, 0.1) is 5.92 Å². The fourth-order valence-electron chi connectivity index (χ4n) is 5.70. The number of aromatic nitrogens is 1. The quantitative estimate of drug-likeness (QED) is 0.439. The normalized spacial score (nSPS) is 19.7. The molecule has 1 fully saturated rings. The number of fused-ring (bicyclic) bond motifs is 4. The largest absolute Gasteiger partial charge is 0.504 e. The van der Waals surface area contributed by atoms with Crippen LogP contribution in [0.15, 0.2) is 56.5 Å². The van der Waals surface area contributed by atoms with Crippen LogP contribution in [0.2, 0.25) is 0 Å². The molecule has 0 saturated carbocycles. The van der Waals surface area contributed by atoms with E-state index in [1.165, 1.54) is 25.3 Å². The number of carbonyl (C=O) groups excluding carboxylic acids is 1. The summed E-state index contributed by atoms with van der Waals surface area (Å²) in [5.41, 5.74) is 6.31. The molecule has 2 aliphatic heterocycles. The Morgan fingerprint density at radius 3 is 2.70 bits per heavy atom. The number of phenolic OH excluding ortho intramolecular Hbond substituents is 1. The molecule has 1 saturated heterocycles. The van der Waals surface area contributed by atoms with Crippen LogP contribution in [0.25, 0.3) is 0 Å². The van der Waals surface area contributed by atoms with Gasteiger partial charge < -0.3 is 29.7 Å². The third kappa shape index (κ3) is 4.84. The SMILES string of the molecule is COc1ccc([C@H](CC(N)=O)c2oc(CN3C[C@H]4C[C@@H](C3)c3cccc(=O)n3C4)cc(=O)c2O)cc1O. The van der Waals surface area contributed by atoms with Crippen molar-refractivity contribution in [3.8, 4) is 17.2 Å². The van der Waals surface area contributed by atoms with E-state index in [2.05, 4.69) is 4.90 Å². The second-order valence-electron chi connectivity index (χ2n) is 9.84. The summed E-state index contributed by atoms with van der Waals surface area (Å²) in [5, 5.41) is 20.9. The van der Waals surface area contributed by atoms with Gasteiger partial charge in [0.15, 0.2) is 17.3 Å². The number of amides is 1. The van der Waals surface area contributed by atoms with Crippen molar-refractivity contribution in [2.24, 2.45) is 11.7 Å². The van der Waals surface area contributed by atoms with Crippen molar-refractivity contribution in [2.75, 3.05) is 20.2 Å². The molecule has 0 spiro atoms. The lowest BCUT2D eigenvalue weighted by Crippen LogP contribution is -2.46. The molecule has 10 heteroatoms. The maximum Gasteiger partial charge on any atom is 0.250 e. The third-order valence-electron chi connectivity index (χ3n) is 7.26. The number of hydrogen-bond donors (Lipinski definition) is 3. The molecule has 1 aromatic carbocycles. The lowest BCUT2D eigenvalue weighted by atomic mass is 9.83. The summed E-state index contributed by atoms with van der Waals surface area (Å²) in [7, 11) is 1.41. The van der Waals surface area contributed by atoms with Gasteiger partial charge in [-0.15, -0.1) is 0 Å². The predicted molar refractivity (Wildman–Crippen MR) is 134 cm³/mol. The Morgan fingerprint density at radius 1 is 1.16 bits per heavy atom. The smallest absolute Gasteiger partial charge is 0.250 e. The average Bonchev–Trinajstić information content (AvgIpc) is 2.85. The maximum absolute atomic E-state index is 12.7. The van der Waals surface area contributed by atoms with Crippen molar-refractivity contribution in [1.82, 2.24) is 9.47 Å². The molecule has 10 nitrogen and oxygen atoms in total. The van der Waals surface area contributed by atoms with E-state index < -0.39 is 23.0 Å². The van der Waals surface area contributed by atoms with E-state index >= 15 is 0 Å². The van der Waals surface area contributed by atoms with Gasteiger partial charge in [-0.3, -0.25) is 19.3 Å². The van der Waals surface area contributed by atoms with E-state index in [-0.39, 0.29) is 35.2 Å². The van der Waals surface area contributed by atoms with E-state index in [1.54, 1.807) is 18.2 Å². The first-order valence-corrected chi connectivity index (χ1v) is 12.2. The van der Waals surface area contributed by atoms with Gasteiger partial charge in [0, 0.05) is 49.8 Å². The highest BCUT2D eigenvalue weighted by molar-refractivity contribution is 5.75. The zero-order valence-electron chi connectivity index (χ0n) is 20.4. The van der Waals surface area contributed by atoms with E-state index in [0.717, 1.165) is 18.7 Å². The van der Waals surface area contributed by atoms with Crippen LogP contribution in [0.1, 0.15) is 47.5 Å². The molecular formula is C27H29N3O7. The average molecular weight is 508 g/mol. The number of benzene rings is 1. The van der Waals surface area contributed by atoms with Crippen molar-refractivity contribution in [3.63, 3.8) is 0 Å². The van der Waals surface area contributed by atoms with Gasteiger partial charge in [0.2, 0.25) is 17.1 Å². The predicted octanol–water partition coefficient (Wildman–Crippen LogP) is 1.85. The molecule has 1 amide bonds. The monoisotopic (exact) mass is 507 g/mol. The number of likely N-dealkylation sites (tertiary alicyclic amines) is 1. The molecule has 37 heavy (non-hydrogen) atoms. The molecule has 0 aliphatic carbocycles. The summed E-state index contributed by atoms with van der Waals surface area (Å²) in [6.45, 7) is 2.39. The second-order valence-corrected chi connectivity index (χ2v) is 9.84. The minimum absolute atomic E-state index is 0.0138. The maximum atomic E-state index is 12.7. The van der Waals surface area contributed by atoms with Crippen LogP contribution in [0.4, 0.5) is 0 Å². The van der Waals surface area contributed by atoms with Gasteiger partial charge in [0.05, 0.1) is 19.6 Å². The van der Waals surface area contributed by atoms with Crippen LogP contribution in [-0.4, -0.2) is 45.8 Å². The molecule has 0 unspecified atom stereocenters. The van der Waals surface area contributed by atoms with Crippen molar-refractivity contribution in [1.29, 1.82) is 0 Å². The number of methoxy groups -OCH3 is 1. The number of carbonyl (C=O) groups is 1. The molecule has 2 bridgehead atoms. The number of nitrogens with zero attached hydrogens (tertiary/aromatic N) is 2. The Kier molecular flexibility index (Phi) is 6.51. The van der Waals surface area contributed by atoms with E-state index in [0.29, 0.717) is 36.9 Å². The summed E-state index contributed by atoms with van der Waals surface area (Å²) in [4.78, 5) is 39.1. The minimum atomic E-state index is -0.888. The summed E-state index contributed by atoms with van der Waals surface area (Å²) >= 11 is 0. The fraction of sp³-hybridized carbons (Fsp3) is 0.370. The van der Waals surface area contributed by atoms with Gasteiger partial charge in [-0.25, -0.2) is 0 Å². The highest BCUT2D eigenvalue weighted by Gasteiger charge is 2.35. The molecule has 0 radical (unpaired) electrons. The fourth-order valence-corrected chi connectivity index (χ4v) is 5.70. The lowest BCUT2D eigenvalue weighted by Gasteiger charge is -2.42. The first-order valence-electron chi connectivity index (χ1n) is 12.2. The summed E-state index contributed by atoms with van der Waals surface area (Å²) in [6, 6.07) is 11.1. The number of phenols is 1. The number of nitrogens with two attached hydrogens (primary N) is 1. The molecule has 3 atom stereocenters. The van der Waals surface area contributed by atoms with Crippen molar-refractivity contribution >= 4 is 5.91 Å². The van der Waals surface area contributed by atoms with E-state index in [4.69, 9.17) is 14.9 Å². The number of hydrogen-bond acceptors (Lipinski definition) is 8. The van der Waals surface area contributed by atoms with Crippen molar-refractivity contribution < 1.29 is 24.2 Å². The van der Waals surface area contributed by atoms with Crippen LogP contribution in [0.5, 0.6) is 17.2 Å². The first-order chi connectivity index (χ1) is 17.7. The Labute approximate surface area is 212 Å². The summed E-state index contributed by atoms with van der Waals surface area (Å²) in [5.74, 6) is -1.34. The van der Waals surface area contributed by atoms with E-state index in [1.807, 2.05) is 10.6 Å². The highest BCUT2D eigenvalue weighted by atomic mass is 16.5. The van der Waals surface area contributed by atoms with Gasteiger partial charge in [-0.1, -0.05) is 12.1 Å². The molecular weight excluding hydrogens is 478 g/mol. The Bertz CT molecular complexity index is 1460. The Hall–Kier alpha value is -4.05. The van der Waals surface area contributed by atoms with Gasteiger partial charge in [0.25, 0.3) is 5.56 Å². The summed E-state index contributed by atoms with van der Waals surface area (Å²) in [6.07, 6.45) is 0.748. The third-order valence-corrected chi connectivity index (χ3v) is 7.26. The van der Waals surface area contributed by atoms with E-state index in [9.17, 15) is 24.6 Å². The second kappa shape index (κ2) is 9.78. The van der Waals surface area contributed by atoms with Gasteiger partial charge >= 0.3 is 0 Å². The van der Waals surface area contributed by atoms with Gasteiger partial charge in [0.1, 0.15) is 5.76 Å². The number of aromatic hydroxyl groups is 2. The lowest BCUT2D eigenvalue weighted by molar-refractivity contribution is -0.118. The van der Waals surface area contributed by atoms with Crippen molar-refractivity contribution in [2.45, 2.75) is 37.8 Å². The number of piperidine rings is 1. The number of ether oxygens (including phenoxy) is 1. The Balaban J connectivity index is 1.45.